The van der Waals surface area contributed by atoms with E-state index in [2.05, 4.69) is 16.8 Å². The number of guanidine groups is 1. The summed E-state index contributed by atoms with van der Waals surface area (Å²) < 4.78 is 0. The molecule has 0 spiro atoms. The molecule has 1 rings (SSSR count). The highest BCUT2D eigenvalue weighted by Crippen LogP contribution is 2.15. The Labute approximate surface area is 74.6 Å². The van der Waals surface area contributed by atoms with E-state index < -0.39 is 0 Å². The monoisotopic (exact) mass is 169 g/mol. The van der Waals surface area contributed by atoms with Gasteiger partial charge in [0.25, 0.3) is 0 Å². The van der Waals surface area contributed by atoms with E-state index in [1.807, 2.05) is 6.92 Å². The zero-order chi connectivity index (χ0) is 8.97. The molecule has 0 aliphatic carbocycles. The summed E-state index contributed by atoms with van der Waals surface area (Å²) in [6.07, 6.45) is 3.83. The van der Waals surface area contributed by atoms with Gasteiger partial charge in [-0.2, -0.15) is 0 Å². The quantitative estimate of drug-likeness (QED) is 0.473. The highest BCUT2D eigenvalue weighted by molar-refractivity contribution is 5.78. The smallest absolute Gasteiger partial charge is 0.191 e. The van der Waals surface area contributed by atoms with Crippen LogP contribution in [-0.2, 0) is 0 Å². The van der Waals surface area contributed by atoms with Crippen molar-refractivity contribution < 1.29 is 0 Å². The molecule has 0 amide bonds. The van der Waals surface area contributed by atoms with Crippen LogP contribution < -0.4 is 5.73 Å². The molecule has 2 N–H and O–H groups in total. The van der Waals surface area contributed by atoms with E-state index in [-0.39, 0.29) is 0 Å². The Bertz CT molecular complexity index is 165. The molecule has 1 aliphatic rings. The van der Waals surface area contributed by atoms with Gasteiger partial charge in [0, 0.05) is 19.1 Å². The molecule has 3 heteroatoms. The average molecular weight is 169 g/mol. The fourth-order valence-electron chi connectivity index (χ4n) is 1.69. The maximum Gasteiger partial charge on any atom is 0.191 e. The number of nitrogens with zero attached hydrogens (tertiary/aromatic N) is 2. The third-order valence-corrected chi connectivity index (χ3v) is 2.42. The highest BCUT2D eigenvalue weighted by Gasteiger charge is 2.19. The van der Waals surface area contributed by atoms with E-state index >= 15 is 0 Å². The molecule has 1 fully saturated rings. The molecule has 0 bridgehead atoms. The van der Waals surface area contributed by atoms with Crippen LogP contribution in [0.1, 0.15) is 33.1 Å². The molecule has 1 saturated heterocycles. The minimum atomic E-state index is 0.578. The fourth-order valence-corrected chi connectivity index (χ4v) is 1.69. The Morgan fingerprint density at radius 3 is 2.92 bits per heavy atom. The molecular formula is C9H19N3. The number of hydrogen-bond donors (Lipinski definition) is 1. The van der Waals surface area contributed by atoms with Crippen molar-refractivity contribution in [1.29, 1.82) is 0 Å². The van der Waals surface area contributed by atoms with Crippen LogP contribution in [0.25, 0.3) is 0 Å². The number of nitrogens with two attached hydrogens (primary N) is 1. The summed E-state index contributed by atoms with van der Waals surface area (Å²) >= 11 is 0. The third kappa shape index (κ3) is 2.13. The summed E-state index contributed by atoms with van der Waals surface area (Å²) in [7, 11) is 0. The number of hydrogen-bond acceptors (Lipinski definition) is 1. The Morgan fingerprint density at radius 2 is 2.33 bits per heavy atom. The summed E-state index contributed by atoms with van der Waals surface area (Å²) in [4.78, 5) is 6.43. The Morgan fingerprint density at radius 1 is 1.58 bits per heavy atom. The summed E-state index contributed by atoms with van der Waals surface area (Å²) in [5.74, 6) is 0.727. The topological polar surface area (TPSA) is 41.6 Å². The van der Waals surface area contributed by atoms with Gasteiger partial charge in [-0.15, -0.1) is 0 Å². The van der Waals surface area contributed by atoms with E-state index in [1.165, 1.54) is 19.3 Å². The molecule has 1 unspecified atom stereocenters. The first-order valence-corrected chi connectivity index (χ1v) is 4.82. The zero-order valence-corrected chi connectivity index (χ0v) is 8.08. The van der Waals surface area contributed by atoms with Crippen molar-refractivity contribution in [3.05, 3.63) is 0 Å². The lowest BCUT2D eigenvalue weighted by Crippen LogP contribution is -2.46. The van der Waals surface area contributed by atoms with Gasteiger partial charge in [0.1, 0.15) is 0 Å². The summed E-state index contributed by atoms with van der Waals surface area (Å²) in [5.41, 5.74) is 5.83. The maximum atomic E-state index is 5.83. The lowest BCUT2D eigenvalue weighted by atomic mass is 10.0. The first-order chi connectivity index (χ1) is 5.75. The lowest BCUT2D eigenvalue weighted by molar-refractivity contribution is 0.255. The molecule has 0 aromatic heterocycles. The molecular weight excluding hydrogens is 150 g/mol. The van der Waals surface area contributed by atoms with Crippen molar-refractivity contribution in [1.82, 2.24) is 4.90 Å². The lowest BCUT2D eigenvalue weighted by Gasteiger charge is -2.34. The van der Waals surface area contributed by atoms with Crippen molar-refractivity contribution in [2.45, 2.75) is 39.2 Å². The van der Waals surface area contributed by atoms with Crippen LogP contribution in [0.2, 0.25) is 0 Å². The van der Waals surface area contributed by atoms with Gasteiger partial charge in [0.2, 0.25) is 0 Å². The van der Waals surface area contributed by atoms with Crippen LogP contribution in [0, 0.1) is 0 Å². The molecule has 1 heterocycles. The average Bonchev–Trinajstić information content (AvgIpc) is 2.05. The number of aliphatic imine (C=N–C) groups is 1. The Hall–Kier alpha value is -0.730. The second-order valence-electron chi connectivity index (χ2n) is 3.37. The van der Waals surface area contributed by atoms with E-state index in [0.29, 0.717) is 6.04 Å². The molecule has 1 atom stereocenters. The number of likely N-dealkylation sites (tertiary alicyclic amines) is 1. The van der Waals surface area contributed by atoms with Gasteiger partial charge < -0.3 is 10.6 Å². The van der Waals surface area contributed by atoms with Crippen LogP contribution >= 0.6 is 0 Å². The highest BCUT2D eigenvalue weighted by atomic mass is 15.3. The van der Waals surface area contributed by atoms with Crippen LogP contribution in [0.15, 0.2) is 4.99 Å². The Kier molecular flexibility index (Phi) is 3.38. The van der Waals surface area contributed by atoms with Gasteiger partial charge in [-0.3, -0.25) is 4.99 Å². The van der Waals surface area contributed by atoms with Gasteiger partial charge in [0.05, 0.1) is 0 Å². The van der Waals surface area contributed by atoms with Gasteiger partial charge in [0.15, 0.2) is 5.96 Å². The van der Waals surface area contributed by atoms with Gasteiger partial charge in [-0.1, -0.05) is 0 Å². The van der Waals surface area contributed by atoms with E-state index in [9.17, 15) is 0 Å². The normalized spacial score (nSPS) is 26.0. The predicted molar refractivity (Wildman–Crippen MR) is 52.2 cm³/mol. The van der Waals surface area contributed by atoms with Gasteiger partial charge >= 0.3 is 0 Å². The Balaban J connectivity index is 2.53. The molecule has 0 aromatic rings. The second kappa shape index (κ2) is 4.33. The van der Waals surface area contributed by atoms with Crippen LogP contribution in [0.4, 0.5) is 0 Å². The summed E-state index contributed by atoms with van der Waals surface area (Å²) in [6.45, 7) is 6.10. The first kappa shape index (κ1) is 9.36. The minimum absolute atomic E-state index is 0.578. The third-order valence-electron chi connectivity index (χ3n) is 2.42. The van der Waals surface area contributed by atoms with E-state index in [1.54, 1.807) is 0 Å². The van der Waals surface area contributed by atoms with Crippen LogP contribution in [-0.4, -0.2) is 30.0 Å². The fraction of sp³-hybridized carbons (Fsp3) is 0.889. The van der Waals surface area contributed by atoms with Gasteiger partial charge in [-0.05, 0) is 33.1 Å². The van der Waals surface area contributed by atoms with Crippen molar-refractivity contribution >= 4 is 5.96 Å². The molecule has 0 saturated carbocycles. The first-order valence-electron chi connectivity index (χ1n) is 4.82. The molecule has 3 nitrogen and oxygen atoms in total. The van der Waals surface area contributed by atoms with Crippen molar-refractivity contribution in [2.24, 2.45) is 10.7 Å². The number of rotatable bonds is 1. The zero-order valence-electron chi connectivity index (χ0n) is 8.08. The molecule has 1 aliphatic heterocycles. The SMILES string of the molecule is CCN=C(N)N1CCCCC1C. The minimum Gasteiger partial charge on any atom is -0.370 e. The largest absolute Gasteiger partial charge is 0.370 e. The molecule has 12 heavy (non-hydrogen) atoms. The van der Waals surface area contributed by atoms with Crippen LogP contribution in [0.5, 0.6) is 0 Å². The van der Waals surface area contributed by atoms with Crippen molar-refractivity contribution in [2.75, 3.05) is 13.1 Å². The summed E-state index contributed by atoms with van der Waals surface area (Å²) in [6, 6.07) is 0.578. The molecule has 70 valence electrons. The van der Waals surface area contributed by atoms with E-state index in [0.717, 1.165) is 19.0 Å². The standard InChI is InChI=1S/C9H19N3/c1-3-11-9(10)12-7-5-4-6-8(12)2/h8H,3-7H2,1-2H3,(H2,10,11). The molecule has 0 radical (unpaired) electrons. The van der Waals surface area contributed by atoms with Crippen molar-refractivity contribution in [3.63, 3.8) is 0 Å². The summed E-state index contributed by atoms with van der Waals surface area (Å²) in [5, 5.41) is 0. The van der Waals surface area contributed by atoms with Crippen LogP contribution in [0.3, 0.4) is 0 Å². The van der Waals surface area contributed by atoms with E-state index in [4.69, 9.17) is 5.73 Å². The maximum absolute atomic E-state index is 5.83. The predicted octanol–water partition coefficient (Wildman–Crippen LogP) is 1.20. The molecule has 0 aromatic carbocycles. The van der Waals surface area contributed by atoms with Crippen molar-refractivity contribution in [3.8, 4) is 0 Å². The van der Waals surface area contributed by atoms with Gasteiger partial charge in [-0.25, -0.2) is 0 Å². The number of piperidine rings is 1. The second-order valence-corrected chi connectivity index (χ2v) is 3.37.